The molecule has 1 rings (SSSR count). The number of hydrogen-bond acceptors (Lipinski definition) is 3. The summed E-state index contributed by atoms with van der Waals surface area (Å²) in [5.41, 5.74) is -0.0639. The van der Waals surface area contributed by atoms with Crippen molar-refractivity contribution in [2.24, 2.45) is 0 Å². The van der Waals surface area contributed by atoms with Crippen molar-refractivity contribution in [1.29, 1.82) is 0 Å². The number of benzene rings is 1. The normalized spacial score (nSPS) is 9.93. The summed E-state index contributed by atoms with van der Waals surface area (Å²) in [5.74, 6) is -1.22. The van der Waals surface area contributed by atoms with Gasteiger partial charge in [0.2, 0.25) is 0 Å². The number of thiol groups is 1. The Bertz CT molecular complexity index is 339. The molecule has 76 valence electrons. The van der Waals surface area contributed by atoms with Gasteiger partial charge in [-0.3, -0.25) is 0 Å². The van der Waals surface area contributed by atoms with E-state index in [-0.39, 0.29) is 5.56 Å². The fraction of sp³-hybridized carbons (Fsp3) is 0.300. The van der Waals surface area contributed by atoms with Gasteiger partial charge in [0.1, 0.15) is 5.82 Å². The first-order chi connectivity index (χ1) is 6.65. The van der Waals surface area contributed by atoms with E-state index in [4.69, 9.17) is 4.74 Å². The van der Waals surface area contributed by atoms with Crippen LogP contribution >= 0.6 is 12.6 Å². The summed E-state index contributed by atoms with van der Waals surface area (Å²) in [4.78, 5) is 11.8. The van der Waals surface area contributed by atoms with E-state index < -0.39 is 11.8 Å². The van der Waals surface area contributed by atoms with Gasteiger partial charge in [-0.25, -0.2) is 9.18 Å². The lowest BCUT2D eigenvalue weighted by atomic mass is 10.2. The molecule has 0 spiro atoms. The van der Waals surface area contributed by atoms with Gasteiger partial charge in [0.25, 0.3) is 0 Å². The van der Waals surface area contributed by atoms with Crippen molar-refractivity contribution in [2.45, 2.75) is 18.2 Å². The van der Waals surface area contributed by atoms with Gasteiger partial charge in [-0.15, -0.1) is 12.6 Å². The zero-order valence-electron chi connectivity index (χ0n) is 7.79. The Hall–Kier alpha value is -1.03. The molecule has 2 nitrogen and oxygen atoms in total. The van der Waals surface area contributed by atoms with Crippen LogP contribution in [0, 0.1) is 5.82 Å². The molecule has 0 unspecified atom stereocenters. The number of esters is 1. The molecule has 0 heterocycles. The Morgan fingerprint density at radius 1 is 1.57 bits per heavy atom. The highest BCUT2D eigenvalue weighted by molar-refractivity contribution is 7.80. The molecular weight excluding hydrogens is 203 g/mol. The van der Waals surface area contributed by atoms with Crippen molar-refractivity contribution in [1.82, 2.24) is 0 Å². The Morgan fingerprint density at radius 2 is 2.29 bits per heavy atom. The van der Waals surface area contributed by atoms with Crippen LogP contribution in [0.4, 0.5) is 4.39 Å². The number of hydrogen-bond donors (Lipinski definition) is 1. The fourth-order valence-corrected chi connectivity index (χ4v) is 1.15. The molecule has 0 radical (unpaired) electrons. The number of rotatable bonds is 3. The average Bonchev–Trinajstić information content (AvgIpc) is 2.18. The van der Waals surface area contributed by atoms with Crippen LogP contribution < -0.4 is 0 Å². The Kier molecular flexibility index (Phi) is 3.95. The first-order valence-corrected chi connectivity index (χ1v) is 4.75. The number of halogens is 1. The fourth-order valence-electron chi connectivity index (χ4n) is 0.942. The van der Waals surface area contributed by atoms with Gasteiger partial charge in [-0.1, -0.05) is 6.92 Å². The monoisotopic (exact) mass is 214 g/mol. The van der Waals surface area contributed by atoms with E-state index in [1.165, 1.54) is 18.2 Å². The van der Waals surface area contributed by atoms with Crippen molar-refractivity contribution < 1.29 is 13.9 Å². The maximum absolute atomic E-state index is 13.1. The van der Waals surface area contributed by atoms with E-state index in [9.17, 15) is 9.18 Å². The van der Waals surface area contributed by atoms with Crippen molar-refractivity contribution in [3.8, 4) is 0 Å². The smallest absolute Gasteiger partial charge is 0.341 e. The lowest BCUT2D eigenvalue weighted by Gasteiger charge is -2.04. The molecule has 1 aromatic carbocycles. The van der Waals surface area contributed by atoms with Crippen molar-refractivity contribution in [2.75, 3.05) is 6.61 Å². The SMILES string of the molecule is CCCOC(=O)c1cc(S)ccc1F. The first kappa shape index (κ1) is 11.0. The molecule has 0 saturated heterocycles. The summed E-state index contributed by atoms with van der Waals surface area (Å²) in [6.07, 6.45) is 0.716. The molecule has 0 saturated carbocycles. The second-order valence-corrected chi connectivity index (χ2v) is 3.32. The molecule has 0 amide bonds. The van der Waals surface area contributed by atoms with E-state index in [2.05, 4.69) is 12.6 Å². The van der Waals surface area contributed by atoms with E-state index in [1.807, 2.05) is 6.92 Å². The summed E-state index contributed by atoms with van der Waals surface area (Å²) in [6.45, 7) is 2.17. The lowest BCUT2D eigenvalue weighted by molar-refractivity contribution is 0.0499. The molecule has 0 bridgehead atoms. The third-order valence-corrected chi connectivity index (χ3v) is 1.89. The van der Waals surface area contributed by atoms with E-state index in [1.54, 1.807) is 0 Å². The Balaban J connectivity index is 2.83. The molecular formula is C10H11FO2S. The van der Waals surface area contributed by atoms with Crippen LogP contribution in [-0.4, -0.2) is 12.6 Å². The number of carbonyl (C=O) groups is 1. The highest BCUT2D eigenvalue weighted by atomic mass is 32.1. The second-order valence-electron chi connectivity index (χ2n) is 2.80. The van der Waals surface area contributed by atoms with Gasteiger partial charge in [-0.05, 0) is 24.6 Å². The van der Waals surface area contributed by atoms with Gasteiger partial charge in [-0.2, -0.15) is 0 Å². The van der Waals surface area contributed by atoms with Crippen LogP contribution in [0.3, 0.4) is 0 Å². The van der Waals surface area contributed by atoms with Crippen LogP contribution in [0.1, 0.15) is 23.7 Å². The van der Waals surface area contributed by atoms with Crippen molar-refractivity contribution >= 4 is 18.6 Å². The number of ether oxygens (including phenoxy) is 1. The van der Waals surface area contributed by atoms with Gasteiger partial charge < -0.3 is 4.74 Å². The third kappa shape index (κ3) is 2.73. The van der Waals surface area contributed by atoms with Gasteiger partial charge >= 0.3 is 5.97 Å². The maximum atomic E-state index is 13.1. The quantitative estimate of drug-likeness (QED) is 0.618. The van der Waals surface area contributed by atoms with Gasteiger partial charge in [0, 0.05) is 4.90 Å². The summed E-state index contributed by atoms with van der Waals surface area (Å²) in [7, 11) is 0. The summed E-state index contributed by atoms with van der Waals surface area (Å²) in [6, 6.07) is 4.04. The van der Waals surface area contributed by atoms with Gasteiger partial charge in [0.15, 0.2) is 0 Å². The minimum atomic E-state index is -0.639. The molecule has 1 aromatic rings. The maximum Gasteiger partial charge on any atom is 0.341 e. The van der Waals surface area contributed by atoms with Crippen LogP contribution in [0.15, 0.2) is 23.1 Å². The van der Waals surface area contributed by atoms with Crippen LogP contribution in [0.2, 0.25) is 0 Å². The topological polar surface area (TPSA) is 26.3 Å². The van der Waals surface area contributed by atoms with E-state index >= 15 is 0 Å². The molecule has 0 aliphatic heterocycles. The molecule has 14 heavy (non-hydrogen) atoms. The summed E-state index contributed by atoms with van der Waals surface area (Å²) >= 11 is 4.01. The third-order valence-electron chi connectivity index (χ3n) is 1.61. The summed E-state index contributed by atoms with van der Waals surface area (Å²) in [5, 5.41) is 0. The van der Waals surface area contributed by atoms with Crippen molar-refractivity contribution in [3.63, 3.8) is 0 Å². The second kappa shape index (κ2) is 5.00. The zero-order valence-corrected chi connectivity index (χ0v) is 8.68. The van der Waals surface area contributed by atoms with Gasteiger partial charge in [0.05, 0.1) is 12.2 Å². The minimum Gasteiger partial charge on any atom is -0.462 e. The molecule has 0 aliphatic carbocycles. The number of carbonyl (C=O) groups excluding carboxylic acids is 1. The Morgan fingerprint density at radius 3 is 2.93 bits per heavy atom. The highest BCUT2D eigenvalue weighted by Gasteiger charge is 2.12. The lowest BCUT2D eigenvalue weighted by Crippen LogP contribution is -2.08. The molecule has 0 fully saturated rings. The summed E-state index contributed by atoms with van der Waals surface area (Å²) < 4.78 is 17.9. The molecule has 0 atom stereocenters. The van der Waals surface area contributed by atoms with E-state index in [0.717, 1.165) is 0 Å². The standard InChI is InChI=1S/C10H11FO2S/c1-2-5-13-10(12)8-6-7(14)3-4-9(8)11/h3-4,6,14H,2,5H2,1H3. The predicted octanol–water partition coefficient (Wildman–Crippen LogP) is 2.68. The average molecular weight is 214 g/mol. The Labute approximate surface area is 87.5 Å². The largest absolute Gasteiger partial charge is 0.462 e. The first-order valence-electron chi connectivity index (χ1n) is 4.30. The van der Waals surface area contributed by atoms with Crippen LogP contribution in [0.5, 0.6) is 0 Å². The highest BCUT2D eigenvalue weighted by Crippen LogP contribution is 2.14. The van der Waals surface area contributed by atoms with Crippen molar-refractivity contribution in [3.05, 3.63) is 29.6 Å². The predicted molar refractivity (Wildman–Crippen MR) is 54.2 cm³/mol. The molecule has 0 aliphatic rings. The zero-order chi connectivity index (χ0) is 10.6. The molecule has 0 N–H and O–H groups in total. The van der Waals surface area contributed by atoms with E-state index in [0.29, 0.717) is 17.9 Å². The molecule has 4 heteroatoms. The van der Waals surface area contributed by atoms with Crippen LogP contribution in [-0.2, 0) is 4.74 Å². The minimum absolute atomic E-state index is 0.0639. The molecule has 0 aromatic heterocycles. The van der Waals surface area contributed by atoms with Crippen LogP contribution in [0.25, 0.3) is 0 Å².